The van der Waals surface area contributed by atoms with Gasteiger partial charge in [0.25, 0.3) is 10.0 Å². The van der Waals surface area contributed by atoms with Gasteiger partial charge in [-0.1, -0.05) is 66.2 Å². The fraction of sp³-hybridized carbons (Fsp3) is 0.182. The average Bonchev–Trinajstić information content (AvgIpc) is 3.30. The van der Waals surface area contributed by atoms with E-state index in [0.717, 1.165) is 16.7 Å². The molecule has 4 aromatic carbocycles. The Bertz CT molecular complexity index is 1790. The third-order valence-corrected chi connectivity index (χ3v) is 8.16. The maximum atomic E-state index is 13.6. The third kappa shape index (κ3) is 5.83. The maximum Gasteiger partial charge on any atom is 0.340 e. The predicted molar refractivity (Wildman–Crippen MR) is 162 cm³/mol. The highest BCUT2D eigenvalue weighted by molar-refractivity contribution is 7.92. The maximum absolute atomic E-state index is 13.6. The summed E-state index contributed by atoms with van der Waals surface area (Å²) >= 11 is 0. The Balaban J connectivity index is 1.72. The number of carbonyl (C=O) groups excluding carboxylic acids is 1. The van der Waals surface area contributed by atoms with Crippen LogP contribution in [-0.4, -0.2) is 27.5 Å². The first-order valence-electron chi connectivity index (χ1n) is 13.4. The third-order valence-electron chi connectivity index (χ3n) is 6.79. The number of aryl methyl sites for hydroxylation is 1. The van der Waals surface area contributed by atoms with Crippen molar-refractivity contribution in [2.24, 2.45) is 0 Å². The Morgan fingerprint density at radius 2 is 1.54 bits per heavy atom. The van der Waals surface area contributed by atoms with E-state index >= 15 is 0 Å². The van der Waals surface area contributed by atoms with Crippen LogP contribution in [0.4, 0.5) is 11.4 Å². The van der Waals surface area contributed by atoms with Gasteiger partial charge < -0.3 is 14.5 Å². The number of sulfonamides is 1. The van der Waals surface area contributed by atoms with Crippen LogP contribution in [0.15, 0.2) is 106 Å². The van der Waals surface area contributed by atoms with E-state index in [4.69, 9.17) is 9.15 Å². The first-order valence-corrected chi connectivity index (χ1v) is 14.8. The van der Waals surface area contributed by atoms with Crippen LogP contribution in [0.2, 0.25) is 0 Å². The van der Waals surface area contributed by atoms with E-state index in [2.05, 4.69) is 10.0 Å². The molecule has 0 fully saturated rings. The van der Waals surface area contributed by atoms with Gasteiger partial charge in [-0.05, 0) is 68.3 Å². The lowest BCUT2D eigenvalue weighted by molar-refractivity contribution is 0.0379. The summed E-state index contributed by atoms with van der Waals surface area (Å²) < 4.78 is 42.0. The number of rotatable bonds is 9. The first-order chi connectivity index (χ1) is 19.7. The van der Waals surface area contributed by atoms with Crippen molar-refractivity contribution in [3.8, 4) is 0 Å². The zero-order valence-electron chi connectivity index (χ0n) is 23.3. The number of esters is 1. The second kappa shape index (κ2) is 11.5. The monoisotopic (exact) mass is 568 g/mol. The van der Waals surface area contributed by atoms with E-state index in [1.807, 2.05) is 67.6 Å². The number of fused-ring (bicyclic) bond motifs is 1. The number of furan rings is 1. The van der Waals surface area contributed by atoms with E-state index in [9.17, 15) is 13.2 Å². The van der Waals surface area contributed by atoms with Gasteiger partial charge in [-0.15, -0.1) is 0 Å². The molecule has 1 heterocycles. The van der Waals surface area contributed by atoms with E-state index in [0.29, 0.717) is 33.7 Å². The molecule has 7 nitrogen and oxygen atoms in total. The van der Waals surface area contributed by atoms with Gasteiger partial charge in [0.05, 0.1) is 28.2 Å². The quantitative estimate of drug-likeness (QED) is 0.181. The second-order valence-electron chi connectivity index (χ2n) is 10.1. The van der Waals surface area contributed by atoms with Crippen LogP contribution < -0.4 is 10.0 Å². The van der Waals surface area contributed by atoms with Crippen molar-refractivity contribution in [2.45, 2.75) is 37.7 Å². The highest BCUT2D eigenvalue weighted by Crippen LogP contribution is 2.43. The van der Waals surface area contributed by atoms with Crippen LogP contribution >= 0.6 is 0 Å². The molecule has 1 atom stereocenters. The highest BCUT2D eigenvalue weighted by Gasteiger charge is 2.30. The van der Waals surface area contributed by atoms with Gasteiger partial charge in [-0.25, -0.2) is 13.2 Å². The summed E-state index contributed by atoms with van der Waals surface area (Å²) in [7, 11) is -2.21. The molecule has 1 unspecified atom stereocenters. The largest absolute Gasteiger partial charge is 0.459 e. The lowest BCUT2D eigenvalue weighted by Crippen LogP contribution is -2.16. The highest BCUT2D eigenvalue weighted by atomic mass is 32.2. The second-order valence-corrected chi connectivity index (χ2v) is 11.8. The number of nitrogens with one attached hydrogen (secondary N) is 2. The molecule has 0 radical (unpaired) electrons. The van der Waals surface area contributed by atoms with Gasteiger partial charge in [0.2, 0.25) is 0 Å². The van der Waals surface area contributed by atoms with E-state index < -0.39 is 21.9 Å². The molecule has 8 heteroatoms. The van der Waals surface area contributed by atoms with Crippen molar-refractivity contribution in [1.82, 2.24) is 0 Å². The van der Waals surface area contributed by atoms with Crippen LogP contribution in [-0.2, 0) is 14.8 Å². The van der Waals surface area contributed by atoms with Crippen LogP contribution in [0, 0.1) is 6.92 Å². The minimum absolute atomic E-state index is 0.146. The average molecular weight is 569 g/mol. The molecule has 0 amide bonds. The van der Waals surface area contributed by atoms with Crippen molar-refractivity contribution in [3.05, 3.63) is 125 Å². The number of ether oxygens (including phenoxy) is 1. The molecular weight excluding hydrogens is 536 g/mol. The Kier molecular flexibility index (Phi) is 7.85. The Labute approximate surface area is 240 Å². The van der Waals surface area contributed by atoms with Crippen molar-refractivity contribution < 1.29 is 22.4 Å². The normalized spacial score (nSPS) is 12.3. The van der Waals surface area contributed by atoms with Crippen molar-refractivity contribution in [1.29, 1.82) is 0 Å². The lowest BCUT2D eigenvalue weighted by Gasteiger charge is -2.20. The summed E-state index contributed by atoms with van der Waals surface area (Å²) in [6, 6.07) is 29.1. The Morgan fingerprint density at radius 3 is 2.22 bits per heavy atom. The van der Waals surface area contributed by atoms with Crippen molar-refractivity contribution in [3.63, 3.8) is 0 Å². The molecule has 5 rings (SSSR count). The molecule has 0 aliphatic carbocycles. The number of para-hydroxylation sites is 1. The SMILES string of the molecule is CNc1ccc(C(c2ccccc2)c2oc3ccccc3c2NS(=O)(=O)c2ccc(C)cc2)cc1C(=O)OC(C)C. The standard InChI is InChI=1S/C33H32N2O5S/c1-21(2)39-33(36)27-20-24(16-19-28(27)34-4)30(23-10-6-5-7-11-23)32-31(26-12-8-9-13-29(26)40-32)35-41(37,38)25-17-14-22(3)15-18-25/h5-21,30,34-35H,1-4H3. The van der Waals surface area contributed by atoms with Gasteiger partial charge in [0.1, 0.15) is 11.3 Å². The molecule has 2 N–H and O–H groups in total. The summed E-state index contributed by atoms with van der Waals surface area (Å²) in [6.07, 6.45) is -0.293. The van der Waals surface area contributed by atoms with Crippen LogP contribution in [0.25, 0.3) is 11.0 Å². The summed E-state index contributed by atoms with van der Waals surface area (Å²) in [5, 5.41) is 3.70. The zero-order chi connectivity index (χ0) is 29.1. The van der Waals surface area contributed by atoms with Gasteiger partial charge in [-0.2, -0.15) is 0 Å². The van der Waals surface area contributed by atoms with Crippen LogP contribution in [0.1, 0.15) is 52.6 Å². The summed E-state index contributed by atoms with van der Waals surface area (Å²) in [6.45, 7) is 5.50. The minimum atomic E-state index is -3.95. The minimum Gasteiger partial charge on any atom is -0.459 e. The Hall–Kier alpha value is -4.56. The molecule has 210 valence electrons. The fourth-order valence-electron chi connectivity index (χ4n) is 4.83. The van der Waals surface area contributed by atoms with Gasteiger partial charge in [0.15, 0.2) is 0 Å². The number of benzene rings is 4. The summed E-state index contributed by atoms with van der Waals surface area (Å²) in [4.78, 5) is 13.2. The molecule has 5 aromatic rings. The molecule has 1 aromatic heterocycles. The van der Waals surface area contributed by atoms with Crippen LogP contribution in [0.5, 0.6) is 0 Å². The molecule has 0 bridgehead atoms. The van der Waals surface area contributed by atoms with Crippen LogP contribution in [0.3, 0.4) is 0 Å². The smallest absolute Gasteiger partial charge is 0.340 e. The molecule has 0 aliphatic heterocycles. The first kappa shape index (κ1) is 28.0. The summed E-state index contributed by atoms with van der Waals surface area (Å²) in [5.41, 5.74) is 4.44. The molecular formula is C33H32N2O5S. The number of anilines is 2. The zero-order valence-corrected chi connectivity index (χ0v) is 24.2. The van der Waals surface area contributed by atoms with Gasteiger partial charge in [0, 0.05) is 18.1 Å². The number of hydrogen-bond donors (Lipinski definition) is 2. The fourth-order valence-corrected chi connectivity index (χ4v) is 5.92. The van der Waals surface area contributed by atoms with Crippen molar-refractivity contribution >= 4 is 38.3 Å². The number of hydrogen-bond acceptors (Lipinski definition) is 6. The lowest BCUT2D eigenvalue weighted by atomic mass is 9.87. The topological polar surface area (TPSA) is 97.6 Å². The molecule has 0 aliphatic rings. The van der Waals surface area contributed by atoms with E-state index in [1.54, 1.807) is 57.3 Å². The number of carbonyl (C=O) groups is 1. The Morgan fingerprint density at radius 1 is 0.854 bits per heavy atom. The van der Waals surface area contributed by atoms with Gasteiger partial charge >= 0.3 is 5.97 Å². The van der Waals surface area contributed by atoms with E-state index in [-0.39, 0.29) is 11.0 Å². The van der Waals surface area contributed by atoms with Gasteiger partial charge in [-0.3, -0.25) is 4.72 Å². The van der Waals surface area contributed by atoms with Crippen molar-refractivity contribution in [2.75, 3.05) is 17.1 Å². The van der Waals surface area contributed by atoms with E-state index in [1.165, 1.54) is 0 Å². The molecule has 0 spiro atoms. The summed E-state index contributed by atoms with van der Waals surface area (Å²) in [5.74, 6) is -0.591. The molecule has 41 heavy (non-hydrogen) atoms. The molecule has 0 saturated carbocycles. The predicted octanol–water partition coefficient (Wildman–Crippen LogP) is 7.33. The molecule has 0 saturated heterocycles.